The van der Waals surface area contributed by atoms with Crippen LogP contribution < -0.4 is 4.74 Å². The highest BCUT2D eigenvalue weighted by Gasteiger charge is 2.33. The van der Waals surface area contributed by atoms with E-state index in [1.807, 2.05) is 62.3 Å². The SMILES string of the molecule is CCOc1ccc(-c2nc(C)c(C(=O)N3CCCC3c3cccn3C)s2)cc1. The molecule has 1 amide bonds. The van der Waals surface area contributed by atoms with Gasteiger partial charge in [-0.05, 0) is 63.1 Å². The fourth-order valence-electron chi connectivity index (χ4n) is 3.85. The molecule has 0 saturated carbocycles. The third kappa shape index (κ3) is 3.44. The van der Waals surface area contributed by atoms with E-state index in [1.165, 1.54) is 17.0 Å². The third-order valence-corrected chi connectivity index (χ3v) is 6.44. The van der Waals surface area contributed by atoms with Crippen molar-refractivity contribution in [2.24, 2.45) is 7.05 Å². The van der Waals surface area contributed by atoms with Crippen LogP contribution in [0.1, 0.15) is 46.9 Å². The maximum absolute atomic E-state index is 13.3. The van der Waals surface area contributed by atoms with Crippen molar-refractivity contribution < 1.29 is 9.53 Å². The van der Waals surface area contributed by atoms with E-state index in [0.29, 0.717) is 6.61 Å². The molecular formula is C22H25N3O2S. The van der Waals surface area contributed by atoms with Gasteiger partial charge in [0.1, 0.15) is 15.6 Å². The van der Waals surface area contributed by atoms with Gasteiger partial charge in [-0.2, -0.15) is 0 Å². The van der Waals surface area contributed by atoms with E-state index < -0.39 is 0 Å². The van der Waals surface area contributed by atoms with Gasteiger partial charge in [0.2, 0.25) is 0 Å². The van der Waals surface area contributed by atoms with Crippen LogP contribution in [0.25, 0.3) is 10.6 Å². The number of aryl methyl sites for hydroxylation is 2. The number of nitrogens with zero attached hydrogens (tertiary/aromatic N) is 3. The summed E-state index contributed by atoms with van der Waals surface area (Å²) in [6.07, 6.45) is 4.08. The molecule has 146 valence electrons. The molecule has 3 heterocycles. The molecule has 0 N–H and O–H groups in total. The van der Waals surface area contributed by atoms with Gasteiger partial charge in [-0.25, -0.2) is 4.98 Å². The van der Waals surface area contributed by atoms with E-state index in [2.05, 4.69) is 15.6 Å². The van der Waals surface area contributed by atoms with Crippen molar-refractivity contribution in [2.75, 3.05) is 13.2 Å². The molecule has 3 aromatic rings. The Morgan fingerprint density at radius 2 is 2.07 bits per heavy atom. The summed E-state index contributed by atoms with van der Waals surface area (Å²) in [4.78, 5) is 20.8. The molecule has 1 aliphatic heterocycles. The number of rotatable bonds is 5. The van der Waals surface area contributed by atoms with Crippen LogP contribution in [0.15, 0.2) is 42.6 Å². The third-order valence-electron chi connectivity index (χ3n) is 5.24. The molecule has 4 rings (SSSR count). The minimum Gasteiger partial charge on any atom is -0.494 e. The maximum atomic E-state index is 13.3. The van der Waals surface area contributed by atoms with E-state index in [1.54, 1.807) is 0 Å². The maximum Gasteiger partial charge on any atom is 0.266 e. The van der Waals surface area contributed by atoms with Crippen molar-refractivity contribution >= 4 is 17.2 Å². The van der Waals surface area contributed by atoms with Crippen molar-refractivity contribution in [3.05, 3.63) is 58.9 Å². The van der Waals surface area contributed by atoms with Crippen molar-refractivity contribution in [1.29, 1.82) is 0 Å². The quantitative estimate of drug-likeness (QED) is 0.621. The number of carbonyl (C=O) groups excluding carboxylic acids is 1. The number of carbonyl (C=O) groups is 1. The number of amides is 1. The Labute approximate surface area is 169 Å². The highest BCUT2D eigenvalue weighted by atomic mass is 32.1. The summed E-state index contributed by atoms with van der Waals surface area (Å²) in [6.45, 7) is 5.34. The van der Waals surface area contributed by atoms with Crippen molar-refractivity contribution in [3.63, 3.8) is 0 Å². The second-order valence-electron chi connectivity index (χ2n) is 7.09. The van der Waals surface area contributed by atoms with Gasteiger partial charge in [0.25, 0.3) is 5.91 Å². The first-order chi connectivity index (χ1) is 13.6. The molecule has 28 heavy (non-hydrogen) atoms. The predicted molar refractivity (Wildman–Crippen MR) is 112 cm³/mol. The lowest BCUT2D eigenvalue weighted by atomic mass is 10.1. The second-order valence-corrected chi connectivity index (χ2v) is 8.09. The monoisotopic (exact) mass is 395 g/mol. The van der Waals surface area contributed by atoms with Crippen LogP contribution in [-0.2, 0) is 7.05 Å². The lowest BCUT2D eigenvalue weighted by molar-refractivity contribution is 0.0735. The van der Waals surface area contributed by atoms with Crippen LogP contribution in [0.4, 0.5) is 0 Å². The molecule has 1 fully saturated rings. The van der Waals surface area contributed by atoms with Gasteiger partial charge in [0.15, 0.2) is 0 Å². The summed E-state index contributed by atoms with van der Waals surface area (Å²) in [5.41, 5.74) is 3.01. The summed E-state index contributed by atoms with van der Waals surface area (Å²) in [5, 5.41) is 0.874. The number of thiazole rings is 1. The largest absolute Gasteiger partial charge is 0.494 e. The normalized spacial score (nSPS) is 16.5. The van der Waals surface area contributed by atoms with Crippen LogP contribution in [0.2, 0.25) is 0 Å². The summed E-state index contributed by atoms with van der Waals surface area (Å²) >= 11 is 1.48. The molecule has 5 nitrogen and oxygen atoms in total. The molecule has 1 saturated heterocycles. The second kappa shape index (κ2) is 7.80. The number of ether oxygens (including phenoxy) is 1. The van der Waals surface area contributed by atoms with E-state index in [0.717, 1.165) is 46.3 Å². The summed E-state index contributed by atoms with van der Waals surface area (Å²) in [6, 6.07) is 12.2. The first kappa shape index (κ1) is 18.7. The molecular weight excluding hydrogens is 370 g/mol. The van der Waals surface area contributed by atoms with E-state index in [-0.39, 0.29) is 11.9 Å². The molecule has 1 unspecified atom stereocenters. The number of benzene rings is 1. The molecule has 0 radical (unpaired) electrons. The smallest absolute Gasteiger partial charge is 0.266 e. The lowest BCUT2D eigenvalue weighted by Crippen LogP contribution is -2.31. The van der Waals surface area contributed by atoms with E-state index >= 15 is 0 Å². The summed E-state index contributed by atoms with van der Waals surface area (Å²) in [5.74, 6) is 0.939. The lowest BCUT2D eigenvalue weighted by Gasteiger charge is -2.25. The van der Waals surface area contributed by atoms with E-state index in [4.69, 9.17) is 4.74 Å². The van der Waals surface area contributed by atoms with Gasteiger partial charge in [0, 0.05) is 31.0 Å². The molecule has 1 aliphatic rings. The number of hydrogen-bond acceptors (Lipinski definition) is 4. The molecule has 1 atom stereocenters. The highest BCUT2D eigenvalue weighted by molar-refractivity contribution is 7.17. The average Bonchev–Trinajstić information content (AvgIpc) is 3.41. The van der Waals surface area contributed by atoms with Gasteiger partial charge in [-0.1, -0.05) is 0 Å². The fraction of sp³-hybridized carbons (Fsp3) is 0.364. The molecule has 6 heteroatoms. The van der Waals surface area contributed by atoms with Gasteiger partial charge in [-0.3, -0.25) is 4.79 Å². The zero-order valence-electron chi connectivity index (χ0n) is 16.5. The Kier molecular flexibility index (Phi) is 5.22. The van der Waals surface area contributed by atoms with Crippen LogP contribution in [-0.4, -0.2) is 33.5 Å². The Balaban J connectivity index is 1.59. The van der Waals surface area contributed by atoms with Crippen molar-refractivity contribution in [3.8, 4) is 16.3 Å². The Morgan fingerprint density at radius 3 is 2.75 bits per heavy atom. The summed E-state index contributed by atoms with van der Waals surface area (Å²) in [7, 11) is 2.04. The summed E-state index contributed by atoms with van der Waals surface area (Å²) < 4.78 is 7.62. The minimum absolute atomic E-state index is 0.0934. The molecule has 2 aromatic heterocycles. The Morgan fingerprint density at radius 1 is 1.29 bits per heavy atom. The van der Waals surface area contributed by atoms with Gasteiger partial charge < -0.3 is 14.2 Å². The first-order valence-corrected chi connectivity index (χ1v) is 10.5. The van der Waals surface area contributed by atoms with Gasteiger partial charge in [-0.15, -0.1) is 11.3 Å². The van der Waals surface area contributed by atoms with Crippen LogP contribution >= 0.6 is 11.3 Å². The van der Waals surface area contributed by atoms with Crippen LogP contribution in [0, 0.1) is 6.92 Å². The number of likely N-dealkylation sites (tertiary alicyclic amines) is 1. The van der Waals surface area contributed by atoms with Gasteiger partial charge >= 0.3 is 0 Å². The van der Waals surface area contributed by atoms with Crippen LogP contribution in [0.3, 0.4) is 0 Å². The van der Waals surface area contributed by atoms with Crippen molar-refractivity contribution in [1.82, 2.24) is 14.5 Å². The predicted octanol–water partition coefficient (Wildman–Crippen LogP) is 4.83. The fourth-order valence-corrected chi connectivity index (χ4v) is 4.87. The van der Waals surface area contributed by atoms with E-state index in [9.17, 15) is 4.79 Å². The molecule has 0 spiro atoms. The zero-order chi connectivity index (χ0) is 19.7. The van der Waals surface area contributed by atoms with Gasteiger partial charge in [0.05, 0.1) is 18.3 Å². The zero-order valence-corrected chi connectivity index (χ0v) is 17.3. The standard InChI is InChI=1S/C22H25N3O2S/c1-4-27-17-11-9-16(10-12-17)21-23-15(2)20(28-21)22(26)25-14-6-8-19(25)18-7-5-13-24(18)3/h5,7,9-13,19H,4,6,8,14H2,1-3H3. The Bertz CT molecular complexity index is 974. The highest BCUT2D eigenvalue weighted by Crippen LogP contribution is 2.36. The van der Waals surface area contributed by atoms with Crippen molar-refractivity contribution in [2.45, 2.75) is 32.7 Å². The number of hydrogen-bond donors (Lipinski definition) is 0. The molecule has 0 bridgehead atoms. The average molecular weight is 396 g/mol. The topological polar surface area (TPSA) is 47.4 Å². The molecule has 1 aromatic carbocycles. The first-order valence-electron chi connectivity index (χ1n) is 9.71. The Hall–Kier alpha value is -2.60. The number of aromatic nitrogens is 2. The molecule has 0 aliphatic carbocycles. The minimum atomic E-state index is 0.0934. The van der Waals surface area contributed by atoms with Crippen LogP contribution in [0.5, 0.6) is 5.75 Å².